The summed E-state index contributed by atoms with van der Waals surface area (Å²) in [6.07, 6.45) is 0. The molecule has 0 saturated heterocycles. The molecule has 6 heteroatoms. The van der Waals surface area contributed by atoms with E-state index in [9.17, 15) is 8.42 Å². The molecule has 1 aromatic heterocycles. The lowest BCUT2D eigenvalue weighted by Crippen LogP contribution is -2.10. The molecule has 170 valence electrons. The summed E-state index contributed by atoms with van der Waals surface area (Å²) in [5, 5.41) is 0. The summed E-state index contributed by atoms with van der Waals surface area (Å²) in [6.45, 7) is 4.50. The summed E-state index contributed by atoms with van der Waals surface area (Å²) >= 11 is 0. The maximum Gasteiger partial charge on any atom is 0.339 e. The predicted molar refractivity (Wildman–Crippen MR) is 134 cm³/mol. The zero-order chi connectivity index (χ0) is 23.7. The first kappa shape index (κ1) is 21.9. The Balaban J connectivity index is 1.47. The highest BCUT2D eigenvalue weighted by molar-refractivity contribution is 7.87. The van der Waals surface area contributed by atoms with Gasteiger partial charge < -0.3 is 8.75 Å². The van der Waals surface area contributed by atoms with Gasteiger partial charge in [-0.3, -0.25) is 0 Å². The van der Waals surface area contributed by atoms with Gasteiger partial charge in [-0.05, 0) is 79.1 Å². The van der Waals surface area contributed by atoms with Gasteiger partial charge in [0.05, 0.1) is 11.0 Å². The highest BCUT2D eigenvalue weighted by Crippen LogP contribution is 2.28. The lowest BCUT2D eigenvalue weighted by atomic mass is 10.1. The molecule has 0 aliphatic heterocycles. The van der Waals surface area contributed by atoms with Crippen LogP contribution in [0.2, 0.25) is 0 Å². The third-order valence-electron chi connectivity index (χ3n) is 5.92. The Morgan fingerprint density at radius 3 is 2.24 bits per heavy atom. The maximum atomic E-state index is 12.8. The smallest absolute Gasteiger partial charge is 0.339 e. The topological polar surface area (TPSA) is 61.2 Å². The second-order valence-corrected chi connectivity index (χ2v) is 9.85. The summed E-state index contributed by atoms with van der Waals surface area (Å²) < 4.78 is 33.1. The van der Waals surface area contributed by atoms with Crippen LogP contribution in [0, 0.1) is 13.8 Å². The Hall–Kier alpha value is -3.90. The first-order valence-electron chi connectivity index (χ1n) is 11.0. The molecule has 0 fully saturated rings. The van der Waals surface area contributed by atoms with Gasteiger partial charge in [0.1, 0.15) is 16.5 Å². The standard InChI is InChI=1S/C28H24N2O3S/c1-20-12-17-25(18-21(20)2)34(31,32)33-24-15-13-23(14-16-24)28-29-26-10-6-7-11-27(26)30(28)19-22-8-4-3-5-9-22/h3-18H,19H2,1-2H3. The van der Waals surface area contributed by atoms with E-state index < -0.39 is 10.1 Å². The Bertz CT molecular complexity index is 1570. The van der Waals surface area contributed by atoms with Crippen molar-refractivity contribution in [3.05, 3.63) is 114 Å². The molecule has 0 aliphatic rings. The van der Waals surface area contributed by atoms with Crippen LogP contribution in [-0.2, 0) is 16.7 Å². The Kier molecular flexibility index (Phi) is 5.67. The average molecular weight is 469 g/mol. The van der Waals surface area contributed by atoms with E-state index in [4.69, 9.17) is 9.17 Å². The van der Waals surface area contributed by atoms with Gasteiger partial charge in [-0.25, -0.2) is 4.98 Å². The zero-order valence-corrected chi connectivity index (χ0v) is 19.8. The monoisotopic (exact) mass is 468 g/mol. The Morgan fingerprint density at radius 2 is 1.50 bits per heavy atom. The molecule has 0 atom stereocenters. The van der Waals surface area contributed by atoms with Gasteiger partial charge in [0.25, 0.3) is 0 Å². The molecule has 0 aliphatic carbocycles. The zero-order valence-electron chi connectivity index (χ0n) is 19.0. The molecule has 5 nitrogen and oxygen atoms in total. The molecular formula is C28H24N2O3S. The van der Waals surface area contributed by atoms with E-state index in [0.29, 0.717) is 6.54 Å². The number of nitrogens with zero attached hydrogens (tertiary/aromatic N) is 2. The first-order valence-corrected chi connectivity index (χ1v) is 12.4. The molecule has 0 radical (unpaired) electrons. The SMILES string of the molecule is Cc1ccc(S(=O)(=O)Oc2ccc(-c3nc4ccccc4n3Cc3ccccc3)cc2)cc1C. The number of hydrogen-bond acceptors (Lipinski definition) is 4. The van der Waals surface area contributed by atoms with E-state index in [0.717, 1.165) is 33.5 Å². The predicted octanol–water partition coefficient (Wildman–Crippen LogP) is 6.14. The van der Waals surface area contributed by atoms with Crippen molar-refractivity contribution in [3.8, 4) is 17.1 Å². The fourth-order valence-electron chi connectivity index (χ4n) is 3.93. The van der Waals surface area contributed by atoms with Crippen molar-refractivity contribution in [1.82, 2.24) is 9.55 Å². The number of imidazole rings is 1. The highest BCUT2D eigenvalue weighted by atomic mass is 32.2. The van der Waals surface area contributed by atoms with Crippen molar-refractivity contribution in [2.75, 3.05) is 0 Å². The molecule has 1 heterocycles. The third-order valence-corrected chi connectivity index (χ3v) is 7.17. The second-order valence-electron chi connectivity index (χ2n) is 8.30. The number of benzene rings is 4. The van der Waals surface area contributed by atoms with Crippen molar-refractivity contribution >= 4 is 21.2 Å². The van der Waals surface area contributed by atoms with Crippen LogP contribution in [0.15, 0.2) is 102 Å². The van der Waals surface area contributed by atoms with Gasteiger partial charge in [0, 0.05) is 12.1 Å². The molecule has 4 aromatic carbocycles. The lowest BCUT2D eigenvalue weighted by Gasteiger charge is -2.11. The third kappa shape index (κ3) is 4.32. The lowest BCUT2D eigenvalue weighted by molar-refractivity contribution is 0.486. The Morgan fingerprint density at radius 1 is 0.794 bits per heavy atom. The molecule has 0 N–H and O–H groups in total. The minimum atomic E-state index is -3.92. The molecule has 0 amide bonds. The molecule has 0 bridgehead atoms. The molecule has 0 spiro atoms. The molecule has 0 saturated carbocycles. The fourth-order valence-corrected chi connectivity index (χ4v) is 4.94. The number of hydrogen-bond donors (Lipinski definition) is 0. The average Bonchev–Trinajstić information content (AvgIpc) is 3.20. The van der Waals surface area contributed by atoms with Gasteiger partial charge in [-0.2, -0.15) is 8.42 Å². The van der Waals surface area contributed by atoms with Crippen LogP contribution in [0.3, 0.4) is 0 Å². The number of aryl methyl sites for hydroxylation is 2. The van der Waals surface area contributed by atoms with Crippen LogP contribution in [0.25, 0.3) is 22.4 Å². The van der Waals surface area contributed by atoms with Crippen LogP contribution >= 0.6 is 0 Å². The van der Waals surface area contributed by atoms with Crippen molar-refractivity contribution in [3.63, 3.8) is 0 Å². The minimum Gasteiger partial charge on any atom is -0.379 e. The summed E-state index contributed by atoms with van der Waals surface area (Å²) in [4.78, 5) is 5.00. The van der Waals surface area contributed by atoms with E-state index in [2.05, 4.69) is 22.8 Å². The summed E-state index contributed by atoms with van der Waals surface area (Å²) in [5.74, 6) is 1.07. The van der Waals surface area contributed by atoms with Crippen LogP contribution in [0.5, 0.6) is 5.75 Å². The molecule has 0 unspecified atom stereocenters. The molecular weight excluding hydrogens is 444 g/mol. The fraction of sp³-hybridized carbons (Fsp3) is 0.107. The summed E-state index contributed by atoms with van der Waals surface area (Å²) in [7, 11) is -3.92. The molecule has 34 heavy (non-hydrogen) atoms. The van der Waals surface area contributed by atoms with Gasteiger partial charge >= 0.3 is 10.1 Å². The molecule has 5 rings (SSSR count). The van der Waals surface area contributed by atoms with Gasteiger partial charge in [0.15, 0.2) is 0 Å². The number of para-hydroxylation sites is 2. The summed E-state index contributed by atoms with van der Waals surface area (Å²) in [6, 6.07) is 30.3. The van der Waals surface area contributed by atoms with Crippen LogP contribution in [-0.4, -0.2) is 18.0 Å². The maximum absolute atomic E-state index is 12.8. The normalized spacial score (nSPS) is 11.6. The Labute approximate surface area is 199 Å². The highest BCUT2D eigenvalue weighted by Gasteiger charge is 2.18. The van der Waals surface area contributed by atoms with Gasteiger partial charge in [0.2, 0.25) is 0 Å². The number of fused-ring (bicyclic) bond motifs is 1. The van der Waals surface area contributed by atoms with Crippen molar-refractivity contribution in [2.45, 2.75) is 25.3 Å². The van der Waals surface area contributed by atoms with E-state index >= 15 is 0 Å². The van der Waals surface area contributed by atoms with Crippen LogP contribution in [0.4, 0.5) is 0 Å². The largest absolute Gasteiger partial charge is 0.379 e. The van der Waals surface area contributed by atoms with E-state index in [1.807, 2.05) is 62.4 Å². The van der Waals surface area contributed by atoms with E-state index in [1.165, 1.54) is 5.56 Å². The van der Waals surface area contributed by atoms with Gasteiger partial charge in [-0.1, -0.05) is 48.5 Å². The summed E-state index contributed by atoms with van der Waals surface area (Å²) in [5.41, 5.74) is 5.93. The van der Waals surface area contributed by atoms with Crippen molar-refractivity contribution < 1.29 is 12.6 Å². The second kappa shape index (κ2) is 8.80. The van der Waals surface area contributed by atoms with Crippen LogP contribution < -0.4 is 4.18 Å². The van der Waals surface area contributed by atoms with Gasteiger partial charge in [-0.15, -0.1) is 0 Å². The molecule has 5 aromatic rings. The number of rotatable bonds is 6. The van der Waals surface area contributed by atoms with E-state index in [-0.39, 0.29) is 10.6 Å². The van der Waals surface area contributed by atoms with Crippen molar-refractivity contribution in [1.29, 1.82) is 0 Å². The van der Waals surface area contributed by atoms with E-state index in [1.54, 1.807) is 30.3 Å². The minimum absolute atomic E-state index is 0.143. The van der Waals surface area contributed by atoms with Crippen molar-refractivity contribution in [2.24, 2.45) is 0 Å². The quantitative estimate of drug-likeness (QED) is 0.281. The number of aromatic nitrogens is 2. The first-order chi connectivity index (χ1) is 16.4. The van der Waals surface area contributed by atoms with Crippen LogP contribution in [0.1, 0.15) is 16.7 Å².